The van der Waals surface area contributed by atoms with Crippen LogP contribution < -0.4 is 5.32 Å². The number of halogens is 2. The van der Waals surface area contributed by atoms with Crippen LogP contribution in [0.2, 0.25) is 0 Å². The van der Waals surface area contributed by atoms with Gasteiger partial charge in [0.25, 0.3) is 0 Å². The van der Waals surface area contributed by atoms with E-state index in [9.17, 15) is 9.59 Å². The van der Waals surface area contributed by atoms with E-state index in [1.54, 1.807) is 40.7 Å². The van der Waals surface area contributed by atoms with Crippen LogP contribution in [0, 0.1) is 0 Å². The highest BCUT2D eigenvalue weighted by Crippen LogP contribution is 2.26. The molecule has 0 heterocycles. The molecule has 2 N–H and O–H groups in total. The highest BCUT2D eigenvalue weighted by Gasteiger charge is 2.25. The molecule has 1 atom stereocenters. The van der Waals surface area contributed by atoms with Crippen molar-refractivity contribution in [2.24, 2.45) is 0 Å². The molecule has 7 heteroatoms. The standard InChI is InChI=1S/C14H21Cl2NO4/c1-6-9(12(16)8(2)15)10(7-11(18)19)17-13(20)21-14(3,4)5/h6,10H,7H2,1-5H3,(H,17,20)(H,18,19). The van der Waals surface area contributed by atoms with Crippen LogP contribution in [0.1, 0.15) is 41.0 Å². The van der Waals surface area contributed by atoms with Gasteiger partial charge >= 0.3 is 12.1 Å². The number of carbonyl (C=O) groups is 2. The van der Waals surface area contributed by atoms with Crippen molar-refractivity contribution < 1.29 is 19.4 Å². The number of ether oxygens (including phenoxy) is 1. The Balaban J connectivity index is 5.26. The van der Waals surface area contributed by atoms with Crippen molar-refractivity contribution in [3.05, 3.63) is 21.7 Å². The molecule has 0 radical (unpaired) electrons. The number of alkyl carbamates (subject to hydrolysis) is 1. The number of hydrogen-bond acceptors (Lipinski definition) is 3. The third kappa shape index (κ3) is 7.97. The lowest BCUT2D eigenvalue weighted by atomic mass is 10.0. The van der Waals surface area contributed by atoms with Gasteiger partial charge in [0, 0.05) is 5.03 Å². The summed E-state index contributed by atoms with van der Waals surface area (Å²) in [6.45, 7) is 8.41. The molecule has 0 aromatic heterocycles. The molecule has 1 amide bonds. The number of amides is 1. The lowest BCUT2D eigenvalue weighted by Gasteiger charge is -2.24. The van der Waals surface area contributed by atoms with Gasteiger partial charge in [-0.2, -0.15) is 0 Å². The third-order valence-corrected chi connectivity index (χ3v) is 3.10. The van der Waals surface area contributed by atoms with E-state index in [1.165, 1.54) is 0 Å². The number of allylic oxidation sites excluding steroid dienone is 2. The summed E-state index contributed by atoms with van der Waals surface area (Å²) in [4.78, 5) is 22.8. The first kappa shape index (κ1) is 19.8. The van der Waals surface area contributed by atoms with Crippen LogP contribution in [0.4, 0.5) is 4.79 Å². The summed E-state index contributed by atoms with van der Waals surface area (Å²) in [6.07, 6.45) is 0.558. The molecule has 0 saturated heterocycles. The maximum atomic E-state index is 11.8. The van der Waals surface area contributed by atoms with Crippen molar-refractivity contribution >= 4 is 35.3 Å². The summed E-state index contributed by atoms with van der Waals surface area (Å²) in [5, 5.41) is 12.0. The van der Waals surface area contributed by atoms with E-state index in [1.807, 2.05) is 0 Å². The van der Waals surface area contributed by atoms with Gasteiger partial charge < -0.3 is 15.2 Å². The van der Waals surface area contributed by atoms with Gasteiger partial charge in [-0.3, -0.25) is 4.79 Å². The molecular weight excluding hydrogens is 317 g/mol. The molecular formula is C14H21Cl2NO4. The fourth-order valence-corrected chi connectivity index (χ4v) is 1.89. The molecule has 0 aromatic carbocycles. The topological polar surface area (TPSA) is 75.6 Å². The number of rotatable bonds is 5. The minimum atomic E-state index is -1.08. The van der Waals surface area contributed by atoms with Crippen LogP contribution >= 0.6 is 23.2 Å². The summed E-state index contributed by atoms with van der Waals surface area (Å²) in [6, 6.07) is -0.830. The molecule has 21 heavy (non-hydrogen) atoms. The van der Waals surface area contributed by atoms with Crippen molar-refractivity contribution in [1.29, 1.82) is 0 Å². The molecule has 0 fully saturated rings. The summed E-state index contributed by atoms with van der Waals surface area (Å²) >= 11 is 11.9. The Hall–Kier alpha value is -1.20. The second-order valence-corrected chi connectivity index (χ2v) is 6.33. The van der Waals surface area contributed by atoms with E-state index in [4.69, 9.17) is 33.0 Å². The summed E-state index contributed by atoms with van der Waals surface area (Å²) in [7, 11) is 0. The maximum Gasteiger partial charge on any atom is 0.408 e. The van der Waals surface area contributed by atoms with Gasteiger partial charge in [0.2, 0.25) is 0 Å². The van der Waals surface area contributed by atoms with Crippen LogP contribution in [0.3, 0.4) is 0 Å². The molecule has 0 aromatic rings. The van der Waals surface area contributed by atoms with Gasteiger partial charge in [0.1, 0.15) is 5.60 Å². The highest BCUT2D eigenvalue weighted by molar-refractivity contribution is 6.40. The summed E-state index contributed by atoms with van der Waals surface area (Å²) in [5.41, 5.74) is -0.256. The predicted molar refractivity (Wildman–Crippen MR) is 83.6 cm³/mol. The molecule has 120 valence electrons. The highest BCUT2D eigenvalue weighted by atomic mass is 35.5. The maximum absolute atomic E-state index is 11.8. The van der Waals surface area contributed by atoms with Crippen molar-refractivity contribution in [1.82, 2.24) is 5.32 Å². The molecule has 0 bridgehead atoms. The Bertz CT molecular complexity index is 460. The lowest BCUT2D eigenvalue weighted by molar-refractivity contribution is -0.137. The quantitative estimate of drug-likeness (QED) is 0.743. The van der Waals surface area contributed by atoms with Crippen LogP contribution in [0.5, 0.6) is 0 Å². The van der Waals surface area contributed by atoms with Crippen LogP contribution in [0.15, 0.2) is 21.7 Å². The van der Waals surface area contributed by atoms with E-state index in [0.29, 0.717) is 10.6 Å². The molecule has 5 nitrogen and oxygen atoms in total. The summed E-state index contributed by atoms with van der Waals surface area (Å²) < 4.78 is 5.12. The van der Waals surface area contributed by atoms with E-state index < -0.39 is 23.7 Å². The van der Waals surface area contributed by atoms with Crippen molar-refractivity contribution in [3.8, 4) is 0 Å². The zero-order valence-corrected chi connectivity index (χ0v) is 14.3. The number of nitrogens with one attached hydrogen (secondary N) is 1. The Morgan fingerprint density at radius 1 is 1.33 bits per heavy atom. The molecule has 0 saturated carbocycles. The van der Waals surface area contributed by atoms with E-state index in [2.05, 4.69) is 5.32 Å². The second-order valence-electron chi connectivity index (χ2n) is 5.39. The fourth-order valence-electron chi connectivity index (χ4n) is 1.54. The van der Waals surface area contributed by atoms with Crippen LogP contribution in [0.25, 0.3) is 0 Å². The smallest absolute Gasteiger partial charge is 0.408 e. The number of hydrogen-bond donors (Lipinski definition) is 2. The Morgan fingerprint density at radius 3 is 2.19 bits per heavy atom. The van der Waals surface area contributed by atoms with Gasteiger partial charge in [-0.25, -0.2) is 4.79 Å². The van der Waals surface area contributed by atoms with Crippen molar-refractivity contribution in [2.75, 3.05) is 0 Å². The lowest BCUT2D eigenvalue weighted by Crippen LogP contribution is -2.41. The van der Waals surface area contributed by atoms with E-state index in [-0.39, 0.29) is 11.5 Å². The van der Waals surface area contributed by atoms with Gasteiger partial charge in [0.15, 0.2) is 0 Å². The zero-order valence-electron chi connectivity index (χ0n) is 12.8. The monoisotopic (exact) mass is 337 g/mol. The number of carbonyl (C=O) groups excluding carboxylic acids is 1. The largest absolute Gasteiger partial charge is 0.481 e. The van der Waals surface area contributed by atoms with Crippen molar-refractivity contribution in [3.63, 3.8) is 0 Å². The first-order valence-corrected chi connectivity index (χ1v) is 7.13. The molecule has 0 spiro atoms. The average Bonchev–Trinajstić information content (AvgIpc) is 2.25. The Labute approximate surface area is 134 Å². The van der Waals surface area contributed by atoms with Gasteiger partial charge in [-0.15, -0.1) is 0 Å². The van der Waals surface area contributed by atoms with Crippen LogP contribution in [-0.2, 0) is 9.53 Å². The molecule has 0 aliphatic carbocycles. The van der Waals surface area contributed by atoms with Gasteiger partial charge in [-0.05, 0) is 40.2 Å². The fraction of sp³-hybridized carbons (Fsp3) is 0.571. The molecule has 0 aliphatic heterocycles. The Morgan fingerprint density at radius 2 is 1.86 bits per heavy atom. The minimum absolute atomic E-state index is 0.210. The van der Waals surface area contributed by atoms with Crippen LogP contribution in [-0.4, -0.2) is 28.8 Å². The molecule has 0 aliphatic rings. The number of carboxylic acid groups (broad SMARTS) is 1. The van der Waals surface area contributed by atoms with Gasteiger partial charge in [-0.1, -0.05) is 29.3 Å². The number of carboxylic acids is 1. The molecule has 0 rings (SSSR count). The number of aliphatic carboxylic acids is 1. The van der Waals surface area contributed by atoms with Crippen molar-refractivity contribution in [2.45, 2.75) is 52.7 Å². The van der Waals surface area contributed by atoms with E-state index >= 15 is 0 Å². The van der Waals surface area contributed by atoms with Gasteiger partial charge in [0.05, 0.1) is 17.5 Å². The first-order valence-electron chi connectivity index (χ1n) is 6.37. The predicted octanol–water partition coefficient (Wildman–Crippen LogP) is 4.01. The minimum Gasteiger partial charge on any atom is -0.481 e. The SMILES string of the molecule is CC=C(C(Cl)=C(C)Cl)C(CC(=O)O)NC(=O)OC(C)(C)C. The first-order chi connectivity index (χ1) is 9.47. The normalized spacial score (nSPS) is 15.1. The zero-order chi connectivity index (χ0) is 16.8. The molecule has 1 unspecified atom stereocenters. The average molecular weight is 338 g/mol. The Kier molecular flexibility index (Phi) is 7.82. The second kappa shape index (κ2) is 8.29. The van der Waals surface area contributed by atoms with E-state index in [0.717, 1.165) is 0 Å². The third-order valence-electron chi connectivity index (χ3n) is 2.31. The summed E-state index contributed by atoms with van der Waals surface area (Å²) in [5.74, 6) is -1.08.